The second kappa shape index (κ2) is 7.82. The van der Waals surface area contributed by atoms with E-state index >= 15 is 0 Å². The van der Waals surface area contributed by atoms with Gasteiger partial charge in [-0.25, -0.2) is 4.79 Å². The molecule has 0 bridgehead atoms. The van der Waals surface area contributed by atoms with Gasteiger partial charge >= 0.3 is 11.9 Å². The van der Waals surface area contributed by atoms with E-state index in [-0.39, 0.29) is 28.6 Å². The van der Waals surface area contributed by atoms with Crippen molar-refractivity contribution in [1.29, 1.82) is 0 Å². The second-order valence-electron chi connectivity index (χ2n) is 6.84. The van der Waals surface area contributed by atoms with Crippen LogP contribution in [0.2, 0.25) is 0 Å². The maximum Gasteiger partial charge on any atom is 0.330 e. The second-order valence-corrected chi connectivity index (χ2v) is 7.40. The zero-order chi connectivity index (χ0) is 16.2. The van der Waals surface area contributed by atoms with Crippen LogP contribution in [0.15, 0.2) is 0 Å². The third-order valence-corrected chi connectivity index (χ3v) is 6.21. The summed E-state index contributed by atoms with van der Waals surface area (Å²) in [5.41, 5.74) is 0.130. The highest BCUT2D eigenvalue weighted by molar-refractivity contribution is 7.81. The molecule has 3 atom stereocenters. The molecule has 126 valence electrons. The van der Waals surface area contributed by atoms with Gasteiger partial charge in [0.2, 0.25) is 0 Å². The molecule has 4 nitrogen and oxygen atoms in total. The maximum absolute atomic E-state index is 12.4. The van der Waals surface area contributed by atoms with Crippen LogP contribution in [-0.4, -0.2) is 29.8 Å². The van der Waals surface area contributed by atoms with Crippen molar-refractivity contribution in [3.8, 4) is 0 Å². The minimum absolute atomic E-state index is 0.00392. The van der Waals surface area contributed by atoms with Crippen molar-refractivity contribution in [3.05, 3.63) is 0 Å². The molecule has 2 fully saturated rings. The van der Waals surface area contributed by atoms with Gasteiger partial charge in [0, 0.05) is 5.25 Å². The van der Waals surface area contributed by atoms with Crippen molar-refractivity contribution in [2.45, 2.75) is 76.5 Å². The summed E-state index contributed by atoms with van der Waals surface area (Å²) in [6, 6.07) is -0.306. The first-order chi connectivity index (χ1) is 10.5. The topological polar surface area (TPSA) is 55.4 Å². The highest BCUT2D eigenvalue weighted by atomic mass is 32.1. The zero-order valence-corrected chi connectivity index (χ0v) is 14.7. The lowest BCUT2D eigenvalue weighted by atomic mass is 9.76. The Morgan fingerprint density at radius 2 is 1.86 bits per heavy atom. The summed E-state index contributed by atoms with van der Waals surface area (Å²) in [5, 5.41) is 3.08. The SMILES string of the molecule is CCCC1(CCC)CCC(C(=O)OC(=O)[C@@H]2CCCN2)C1S. The number of hydrogen-bond donors (Lipinski definition) is 2. The number of hydrogen-bond acceptors (Lipinski definition) is 5. The molecule has 0 spiro atoms. The van der Waals surface area contributed by atoms with Gasteiger partial charge in [0.1, 0.15) is 6.04 Å². The number of nitrogens with one attached hydrogen (secondary N) is 1. The molecule has 0 aromatic carbocycles. The molecule has 0 amide bonds. The van der Waals surface area contributed by atoms with Gasteiger partial charge in [-0.05, 0) is 50.5 Å². The van der Waals surface area contributed by atoms with Crippen LogP contribution in [-0.2, 0) is 14.3 Å². The van der Waals surface area contributed by atoms with Gasteiger partial charge in [0.05, 0.1) is 5.92 Å². The minimum atomic E-state index is -0.411. The van der Waals surface area contributed by atoms with E-state index in [9.17, 15) is 9.59 Å². The molecule has 1 saturated heterocycles. The molecule has 1 N–H and O–H groups in total. The molecule has 2 aliphatic rings. The molecule has 1 heterocycles. The fourth-order valence-corrected chi connectivity index (χ4v) is 4.88. The molecule has 1 saturated carbocycles. The first-order valence-corrected chi connectivity index (χ1v) is 9.22. The van der Waals surface area contributed by atoms with Gasteiger partial charge in [0.25, 0.3) is 0 Å². The third-order valence-electron chi connectivity index (χ3n) is 5.31. The summed E-state index contributed by atoms with van der Waals surface area (Å²) < 4.78 is 5.15. The summed E-state index contributed by atoms with van der Waals surface area (Å²) in [5.74, 6) is -1.02. The Kier molecular flexibility index (Phi) is 6.33. The molecule has 2 rings (SSSR count). The van der Waals surface area contributed by atoms with E-state index in [1.807, 2.05) is 0 Å². The van der Waals surface area contributed by atoms with E-state index < -0.39 is 5.97 Å². The predicted molar refractivity (Wildman–Crippen MR) is 89.9 cm³/mol. The molecule has 5 heteroatoms. The average Bonchev–Trinajstić information content (AvgIpc) is 3.10. The van der Waals surface area contributed by atoms with Crippen LogP contribution >= 0.6 is 12.6 Å². The summed E-state index contributed by atoms with van der Waals surface area (Å²) >= 11 is 4.78. The van der Waals surface area contributed by atoms with Crippen molar-refractivity contribution in [2.75, 3.05) is 6.54 Å². The fraction of sp³-hybridized carbons (Fsp3) is 0.882. The Labute approximate surface area is 139 Å². The number of thiol groups is 1. The monoisotopic (exact) mass is 327 g/mol. The van der Waals surface area contributed by atoms with Crippen LogP contribution in [0.1, 0.15) is 65.2 Å². The summed E-state index contributed by atoms with van der Waals surface area (Å²) in [7, 11) is 0. The number of esters is 2. The molecule has 0 aromatic heterocycles. The largest absolute Gasteiger partial charge is 0.392 e. The van der Waals surface area contributed by atoms with Crippen LogP contribution in [0.4, 0.5) is 0 Å². The quantitative estimate of drug-likeness (QED) is 0.447. The lowest BCUT2D eigenvalue weighted by Crippen LogP contribution is -2.38. The molecule has 0 aromatic rings. The standard InChI is InChI=1S/C17H29NO3S/c1-3-8-17(9-4-2)10-7-12(14(17)22)15(19)21-16(20)13-6-5-11-18-13/h12-14,18,22H,3-11H2,1-2H3/t12?,13-,14?/m0/s1. The Morgan fingerprint density at radius 3 is 2.41 bits per heavy atom. The smallest absolute Gasteiger partial charge is 0.330 e. The van der Waals surface area contributed by atoms with Gasteiger partial charge < -0.3 is 10.1 Å². The predicted octanol–water partition coefficient (Wildman–Crippen LogP) is 3.10. The molecular weight excluding hydrogens is 298 g/mol. The van der Waals surface area contributed by atoms with E-state index in [1.165, 1.54) is 0 Å². The van der Waals surface area contributed by atoms with Gasteiger partial charge in [-0.15, -0.1) is 0 Å². The number of carbonyl (C=O) groups is 2. The highest BCUT2D eigenvalue weighted by Gasteiger charge is 2.49. The molecular formula is C17H29NO3S. The number of rotatable bonds is 6. The van der Waals surface area contributed by atoms with E-state index in [0.717, 1.165) is 57.9 Å². The normalized spacial score (nSPS) is 30.4. The number of ether oxygens (including phenoxy) is 1. The summed E-state index contributed by atoms with van der Waals surface area (Å²) in [6.45, 7) is 5.18. The van der Waals surface area contributed by atoms with Gasteiger partial charge in [0.15, 0.2) is 0 Å². The van der Waals surface area contributed by atoms with Crippen LogP contribution < -0.4 is 5.32 Å². The van der Waals surface area contributed by atoms with Crippen molar-refractivity contribution in [1.82, 2.24) is 5.32 Å². The molecule has 22 heavy (non-hydrogen) atoms. The van der Waals surface area contributed by atoms with Gasteiger partial charge in [-0.3, -0.25) is 4.79 Å². The van der Waals surface area contributed by atoms with Gasteiger partial charge in [-0.1, -0.05) is 26.7 Å². The molecule has 1 aliphatic heterocycles. The van der Waals surface area contributed by atoms with Crippen molar-refractivity contribution < 1.29 is 14.3 Å². The van der Waals surface area contributed by atoms with Crippen molar-refractivity contribution in [3.63, 3.8) is 0 Å². The van der Waals surface area contributed by atoms with Gasteiger partial charge in [-0.2, -0.15) is 12.6 Å². The Bertz CT molecular complexity index is 401. The van der Waals surface area contributed by atoms with Crippen molar-refractivity contribution in [2.24, 2.45) is 11.3 Å². The minimum Gasteiger partial charge on any atom is -0.392 e. The lowest BCUT2D eigenvalue weighted by molar-refractivity contribution is -0.163. The third kappa shape index (κ3) is 3.67. The summed E-state index contributed by atoms with van der Waals surface area (Å²) in [6.07, 6.45) is 7.91. The number of carbonyl (C=O) groups excluding carboxylic acids is 2. The lowest BCUT2D eigenvalue weighted by Gasteiger charge is -2.34. The Balaban J connectivity index is 1.97. The fourth-order valence-electron chi connectivity index (χ4n) is 4.22. The van der Waals surface area contributed by atoms with E-state index in [2.05, 4.69) is 19.2 Å². The van der Waals surface area contributed by atoms with Crippen LogP contribution in [0.3, 0.4) is 0 Å². The van der Waals surface area contributed by atoms with Crippen molar-refractivity contribution >= 4 is 24.6 Å². The summed E-state index contributed by atoms with van der Waals surface area (Å²) in [4.78, 5) is 24.4. The van der Waals surface area contributed by atoms with Crippen LogP contribution in [0, 0.1) is 11.3 Å². The van der Waals surface area contributed by atoms with E-state index in [1.54, 1.807) is 0 Å². The van der Waals surface area contributed by atoms with E-state index in [0.29, 0.717) is 0 Å². The zero-order valence-electron chi connectivity index (χ0n) is 13.8. The first kappa shape index (κ1) is 17.8. The Morgan fingerprint density at radius 1 is 1.18 bits per heavy atom. The van der Waals surface area contributed by atoms with Crippen LogP contribution in [0.25, 0.3) is 0 Å². The Hall–Kier alpha value is -0.550. The first-order valence-electron chi connectivity index (χ1n) is 8.71. The van der Waals surface area contributed by atoms with Crippen LogP contribution in [0.5, 0.6) is 0 Å². The molecule has 0 radical (unpaired) electrons. The molecule has 2 unspecified atom stereocenters. The molecule has 1 aliphatic carbocycles. The van der Waals surface area contributed by atoms with E-state index in [4.69, 9.17) is 17.4 Å². The maximum atomic E-state index is 12.4. The average molecular weight is 327 g/mol. The highest BCUT2D eigenvalue weighted by Crippen LogP contribution is 2.51.